The van der Waals surface area contributed by atoms with Crippen LogP contribution < -0.4 is 5.32 Å². The quantitative estimate of drug-likeness (QED) is 0.780. The predicted molar refractivity (Wildman–Crippen MR) is 75.0 cm³/mol. The Morgan fingerprint density at radius 2 is 1.63 bits per heavy atom. The van der Waals surface area contributed by atoms with Crippen molar-refractivity contribution in [1.29, 1.82) is 0 Å². The van der Waals surface area contributed by atoms with Crippen molar-refractivity contribution in [3.63, 3.8) is 0 Å². The summed E-state index contributed by atoms with van der Waals surface area (Å²) in [5, 5.41) is 2.95. The van der Waals surface area contributed by atoms with E-state index in [1.807, 2.05) is 25.7 Å². The molecule has 3 amide bonds. The zero-order valence-electron chi connectivity index (χ0n) is 12.7. The molecule has 0 bridgehead atoms. The van der Waals surface area contributed by atoms with Gasteiger partial charge in [-0.3, -0.25) is 9.69 Å². The van der Waals surface area contributed by atoms with E-state index in [1.54, 1.807) is 19.0 Å². The molecule has 0 unspecified atom stereocenters. The van der Waals surface area contributed by atoms with Crippen LogP contribution in [0.15, 0.2) is 0 Å². The molecule has 1 N–H and O–H groups in total. The third kappa shape index (κ3) is 5.46. The van der Waals surface area contributed by atoms with E-state index in [9.17, 15) is 9.59 Å². The van der Waals surface area contributed by atoms with Gasteiger partial charge in [0.2, 0.25) is 5.91 Å². The molecule has 1 rings (SSSR count). The summed E-state index contributed by atoms with van der Waals surface area (Å²) in [5.41, 5.74) is -0.195. The van der Waals surface area contributed by atoms with Gasteiger partial charge in [-0.1, -0.05) is 0 Å². The molecule has 0 spiro atoms. The van der Waals surface area contributed by atoms with E-state index in [0.717, 1.165) is 13.1 Å². The van der Waals surface area contributed by atoms with Crippen LogP contribution >= 0.6 is 0 Å². The van der Waals surface area contributed by atoms with Crippen molar-refractivity contribution in [2.75, 3.05) is 46.8 Å². The van der Waals surface area contributed by atoms with Crippen LogP contribution in [-0.4, -0.2) is 79.0 Å². The number of nitrogens with one attached hydrogen (secondary N) is 1. The van der Waals surface area contributed by atoms with E-state index in [-0.39, 0.29) is 17.5 Å². The standard InChI is InChI=1S/C13H26N4O2/c1-13(2,3)14-11(18)10-16-6-8-17(9-7-16)12(19)15(4)5/h6-10H2,1-5H3,(H,14,18). The molecule has 1 saturated heterocycles. The third-order valence-corrected chi connectivity index (χ3v) is 2.91. The number of amides is 3. The second kappa shape index (κ2) is 6.23. The summed E-state index contributed by atoms with van der Waals surface area (Å²) in [5.74, 6) is 0.0416. The van der Waals surface area contributed by atoms with Crippen LogP contribution in [0.5, 0.6) is 0 Å². The second-order valence-corrected chi connectivity index (χ2v) is 6.24. The Morgan fingerprint density at radius 3 is 2.05 bits per heavy atom. The van der Waals surface area contributed by atoms with Gasteiger partial charge in [-0.2, -0.15) is 0 Å². The highest BCUT2D eigenvalue weighted by atomic mass is 16.2. The van der Waals surface area contributed by atoms with E-state index in [2.05, 4.69) is 10.2 Å². The minimum absolute atomic E-state index is 0.0405. The van der Waals surface area contributed by atoms with Crippen LogP contribution in [-0.2, 0) is 4.79 Å². The van der Waals surface area contributed by atoms with Crippen LogP contribution in [0.4, 0.5) is 4.79 Å². The first kappa shape index (κ1) is 15.8. The molecule has 0 saturated carbocycles. The number of carbonyl (C=O) groups excluding carboxylic acids is 2. The summed E-state index contributed by atoms with van der Waals surface area (Å²) in [6, 6.07) is 0.0405. The van der Waals surface area contributed by atoms with Gasteiger partial charge in [0.25, 0.3) is 0 Å². The average molecular weight is 270 g/mol. The van der Waals surface area contributed by atoms with E-state index in [4.69, 9.17) is 0 Å². The first-order chi connectivity index (χ1) is 8.69. The topological polar surface area (TPSA) is 55.9 Å². The Labute approximate surface area is 115 Å². The Morgan fingerprint density at radius 1 is 1.11 bits per heavy atom. The van der Waals surface area contributed by atoms with E-state index in [0.29, 0.717) is 19.6 Å². The number of hydrogen-bond acceptors (Lipinski definition) is 3. The van der Waals surface area contributed by atoms with Gasteiger partial charge in [0, 0.05) is 45.8 Å². The van der Waals surface area contributed by atoms with Gasteiger partial charge in [0.15, 0.2) is 0 Å². The maximum absolute atomic E-state index is 11.8. The highest BCUT2D eigenvalue weighted by molar-refractivity contribution is 5.78. The smallest absolute Gasteiger partial charge is 0.319 e. The summed E-state index contributed by atoms with van der Waals surface area (Å²) in [4.78, 5) is 29.1. The number of carbonyl (C=O) groups is 2. The molecule has 6 heteroatoms. The van der Waals surface area contributed by atoms with Gasteiger partial charge < -0.3 is 15.1 Å². The largest absolute Gasteiger partial charge is 0.350 e. The maximum Gasteiger partial charge on any atom is 0.319 e. The molecule has 6 nitrogen and oxygen atoms in total. The van der Waals surface area contributed by atoms with Crippen LogP contribution in [0.1, 0.15) is 20.8 Å². The third-order valence-electron chi connectivity index (χ3n) is 2.91. The molecule has 0 aliphatic carbocycles. The van der Waals surface area contributed by atoms with Gasteiger partial charge in [-0.15, -0.1) is 0 Å². The monoisotopic (exact) mass is 270 g/mol. The fourth-order valence-corrected chi connectivity index (χ4v) is 2.04. The van der Waals surface area contributed by atoms with Crippen LogP contribution in [0.3, 0.4) is 0 Å². The molecule has 110 valence electrons. The summed E-state index contributed by atoms with van der Waals surface area (Å²) >= 11 is 0. The lowest BCUT2D eigenvalue weighted by molar-refractivity contribution is -0.124. The minimum atomic E-state index is -0.195. The molecule has 0 aromatic heterocycles. The van der Waals surface area contributed by atoms with Crippen molar-refractivity contribution < 1.29 is 9.59 Å². The Hall–Kier alpha value is -1.30. The molecule has 19 heavy (non-hydrogen) atoms. The molecule has 0 aromatic rings. The second-order valence-electron chi connectivity index (χ2n) is 6.24. The van der Waals surface area contributed by atoms with Gasteiger partial charge in [-0.25, -0.2) is 4.79 Å². The normalized spacial score (nSPS) is 17.2. The van der Waals surface area contributed by atoms with Gasteiger partial charge in [0.1, 0.15) is 0 Å². The summed E-state index contributed by atoms with van der Waals surface area (Å²) in [6.07, 6.45) is 0. The van der Waals surface area contributed by atoms with Crippen molar-refractivity contribution in [3.05, 3.63) is 0 Å². The maximum atomic E-state index is 11.8. The fraction of sp³-hybridized carbons (Fsp3) is 0.846. The minimum Gasteiger partial charge on any atom is -0.350 e. The number of nitrogens with zero attached hydrogens (tertiary/aromatic N) is 3. The highest BCUT2D eigenvalue weighted by Crippen LogP contribution is 2.05. The van der Waals surface area contributed by atoms with Gasteiger partial charge in [0.05, 0.1) is 6.54 Å². The van der Waals surface area contributed by atoms with Crippen LogP contribution in [0.2, 0.25) is 0 Å². The molecule has 0 radical (unpaired) electrons. The number of rotatable bonds is 2. The number of hydrogen-bond donors (Lipinski definition) is 1. The molecule has 0 atom stereocenters. The summed E-state index contributed by atoms with van der Waals surface area (Å²) < 4.78 is 0. The average Bonchev–Trinajstić information content (AvgIpc) is 2.26. The Kier molecular flexibility index (Phi) is 5.17. The number of urea groups is 1. The molecule has 1 aliphatic rings. The van der Waals surface area contributed by atoms with E-state index < -0.39 is 0 Å². The Balaban J connectivity index is 2.34. The van der Waals surface area contributed by atoms with Crippen molar-refractivity contribution in [1.82, 2.24) is 20.0 Å². The SMILES string of the molecule is CN(C)C(=O)N1CCN(CC(=O)NC(C)(C)C)CC1. The molecule has 1 heterocycles. The molecular formula is C13H26N4O2. The lowest BCUT2D eigenvalue weighted by atomic mass is 10.1. The lowest BCUT2D eigenvalue weighted by Crippen LogP contribution is -2.54. The van der Waals surface area contributed by atoms with Crippen molar-refractivity contribution in [2.45, 2.75) is 26.3 Å². The molecule has 0 aromatic carbocycles. The zero-order chi connectivity index (χ0) is 14.6. The molecule has 1 aliphatic heterocycles. The van der Waals surface area contributed by atoms with Crippen molar-refractivity contribution >= 4 is 11.9 Å². The Bertz CT molecular complexity index is 328. The number of piperazine rings is 1. The summed E-state index contributed by atoms with van der Waals surface area (Å²) in [6.45, 7) is 9.17. The lowest BCUT2D eigenvalue weighted by Gasteiger charge is -2.36. The predicted octanol–water partition coefficient (Wildman–Crippen LogP) is 0.200. The van der Waals surface area contributed by atoms with E-state index in [1.165, 1.54) is 0 Å². The first-order valence-electron chi connectivity index (χ1n) is 6.68. The van der Waals surface area contributed by atoms with Crippen LogP contribution in [0.25, 0.3) is 0 Å². The van der Waals surface area contributed by atoms with Crippen molar-refractivity contribution in [2.24, 2.45) is 0 Å². The van der Waals surface area contributed by atoms with Gasteiger partial charge >= 0.3 is 6.03 Å². The molecular weight excluding hydrogens is 244 g/mol. The zero-order valence-corrected chi connectivity index (χ0v) is 12.7. The first-order valence-corrected chi connectivity index (χ1v) is 6.68. The highest BCUT2D eigenvalue weighted by Gasteiger charge is 2.24. The molecule has 1 fully saturated rings. The van der Waals surface area contributed by atoms with E-state index >= 15 is 0 Å². The van der Waals surface area contributed by atoms with Gasteiger partial charge in [-0.05, 0) is 20.8 Å². The van der Waals surface area contributed by atoms with Crippen LogP contribution in [0, 0.1) is 0 Å². The fourth-order valence-electron chi connectivity index (χ4n) is 2.04. The van der Waals surface area contributed by atoms with Crippen molar-refractivity contribution in [3.8, 4) is 0 Å². The summed E-state index contributed by atoms with van der Waals surface area (Å²) in [7, 11) is 3.51.